The van der Waals surface area contributed by atoms with Crippen molar-refractivity contribution in [2.45, 2.75) is 63.2 Å². The molecule has 3 amide bonds. The van der Waals surface area contributed by atoms with Crippen LogP contribution >= 0.6 is 0 Å². The Morgan fingerprint density at radius 1 is 1.06 bits per heavy atom. The topological polar surface area (TPSA) is 120 Å². The molecule has 0 bridgehead atoms. The average molecular weight is 658 g/mol. The van der Waals surface area contributed by atoms with E-state index in [2.05, 4.69) is 0 Å². The number of aliphatic hydroxyl groups is 1. The van der Waals surface area contributed by atoms with Crippen LogP contribution in [0.5, 0.6) is 5.75 Å². The molecule has 0 unspecified atom stereocenters. The van der Waals surface area contributed by atoms with Gasteiger partial charge in [-0.25, -0.2) is 0 Å². The van der Waals surface area contributed by atoms with Gasteiger partial charge in [-0.15, -0.1) is 0 Å². The highest BCUT2D eigenvalue weighted by molar-refractivity contribution is 6.71. The van der Waals surface area contributed by atoms with Crippen LogP contribution in [-0.4, -0.2) is 73.8 Å². The smallest absolute Gasteiger partial charge is 0.264 e. The number of methoxy groups -OCH3 is 1. The van der Waals surface area contributed by atoms with E-state index >= 15 is 0 Å². The molecule has 3 heterocycles. The minimum absolute atomic E-state index is 0.0426. The maximum Gasteiger partial charge on any atom is 0.264 e. The van der Waals surface area contributed by atoms with Gasteiger partial charge in [0.15, 0.2) is 13.9 Å². The van der Waals surface area contributed by atoms with Gasteiger partial charge in [0, 0.05) is 48.8 Å². The quantitative estimate of drug-likeness (QED) is 0.235. The van der Waals surface area contributed by atoms with Crippen molar-refractivity contribution in [3.8, 4) is 5.75 Å². The molecule has 2 saturated heterocycles. The number of β-lactam (4-membered cyclic amide) rings is 1. The fraction of sp³-hybridized carbons (Fsp3) is 0.417. The van der Waals surface area contributed by atoms with Gasteiger partial charge in [0.25, 0.3) is 5.91 Å². The van der Waals surface area contributed by atoms with E-state index in [4.69, 9.17) is 9.47 Å². The molecule has 3 aromatic rings. The van der Waals surface area contributed by atoms with Crippen molar-refractivity contribution < 1.29 is 33.8 Å². The number of carbonyl (C=O) groups excluding carboxylic acids is 3. The lowest BCUT2D eigenvalue weighted by Crippen LogP contribution is -2.46. The summed E-state index contributed by atoms with van der Waals surface area (Å²) in [6.45, 7) is 6.81. The SMILES string of the molecule is COc1ccc2c(c1)[C@@]1(O[C@H](CC(=O)N(CCO)Cc3ccccc3)[C@@H]([Si](C)(C)O)[C@@H]1C)C(=O)N2Cc1cccc(N2CCC2=O)c1. The molecule has 47 heavy (non-hydrogen) atoms. The molecule has 0 saturated carbocycles. The number of nitrogens with zero attached hydrogens (tertiary/aromatic N) is 3. The highest BCUT2D eigenvalue weighted by Gasteiger charge is 2.66. The average Bonchev–Trinajstić information content (AvgIpc) is 3.46. The number of hydrogen-bond donors (Lipinski definition) is 2. The van der Waals surface area contributed by atoms with Crippen LogP contribution < -0.4 is 14.5 Å². The Labute approximate surface area is 276 Å². The predicted molar refractivity (Wildman–Crippen MR) is 180 cm³/mol. The molecule has 248 valence electrons. The van der Waals surface area contributed by atoms with Gasteiger partial charge in [-0.2, -0.15) is 0 Å². The molecule has 0 radical (unpaired) electrons. The van der Waals surface area contributed by atoms with Crippen molar-refractivity contribution >= 4 is 37.4 Å². The van der Waals surface area contributed by atoms with E-state index in [0.717, 1.165) is 16.8 Å². The Morgan fingerprint density at radius 3 is 2.45 bits per heavy atom. The molecule has 2 N–H and O–H groups in total. The first kappa shape index (κ1) is 32.9. The second-order valence-corrected chi connectivity index (χ2v) is 17.3. The second-order valence-electron chi connectivity index (χ2n) is 13.3. The van der Waals surface area contributed by atoms with Gasteiger partial charge in [-0.3, -0.25) is 14.4 Å². The number of aliphatic hydroxyl groups excluding tert-OH is 1. The summed E-state index contributed by atoms with van der Waals surface area (Å²) in [6, 6.07) is 22.7. The zero-order valence-electron chi connectivity index (χ0n) is 27.4. The Kier molecular flexibility index (Phi) is 9.01. The van der Waals surface area contributed by atoms with E-state index in [0.29, 0.717) is 36.5 Å². The van der Waals surface area contributed by atoms with Crippen molar-refractivity contribution in [2.75, 3.05) is 36.6 Å². The molecule has 3 aliphatic heterocycles. The Bertz CT molecular complexity index is 1660. The van der Waals surface area contributed by atoms with Gasteiger partial charge >= 0.3 is 0 Å². The summed E-state index contributed by atoms with van der Waals surface area (Å²) < 4.78 is 12.5. The second kappa shape index (κ2) is 12.9. The largest absolute Gasteiger partial charge is 0.497 e. The number of ether oxygens (including phenoxy) is 2. The van der Waals surface area contributed by atoms with Crippen molar-refractivity contribution in [2.24, 2.45) is 5.92 Å². The number of fused-ring (bicyclic) bond motifs is 2. The number of carbonyl (C=O) groups is 3. The van der Waals surface area contributed by atoms with E-state index < -0.39 is 31.5 Å². The van der Waals surface area contributed by atoms with Crippen LogP contribution in [0.25, 0.3) is 0 Å². The summed E-state index contributed by atoms with van der Waals surface area (Å²) >= 11 is 0. The van der Waals surface area contributed by atoms with E-state index in [-0.39, 0.29) is 43.8 Å². The van der Waals surface area contributed by atoms with Gasteiger partial charge in [-0.1, -0.05) is 49.4 Å². The maximum atomic E-state index is 14.8. The van der Waals surface area contributed by atoms with E-state index in [1.54, 1.807) is 21.8 Å². The fourth-order valence-corrected chi connectivity index (χ4v) is 10.2. The molecule has 3 aromatic carbocycles. The number of benzene rings is 3. The molecule has 0 aliphatic carbocycles. The molecule has 6 rings (SSSR count). The standard InChI is InChI=1S/C36H43N3O7Si/c1-24-34(47(3,4)44)31(21-33(42)37(17-18-40)22-25-9-6-5-7-10-25)46-36(24)29-20-28(45-2)13-14-30(29)39(35(36)43)23-26-11-8-12-27(19-26)38-16-15-32(38)41/h5-14,19-20,24,31,34,40,44H,15-18,21-23H2,1-4H3/t24-,31+,34-,36+/m0/s1. The van der Waals surface area contributed by atoms with E-state index in [1.807, 2.05) is 92.8 Å². The molecule has 0 aromatic heterocycles. The van der Waals surface area contributed by atoms with E-state index in [1.165, 1.54) is 0 Å². The molecule has 4 atom stereocenters. The normalized spacial score (nSPS) is 23.7. The molecular weight excluding hydrogens is 614 g/mol. The summed E-state index contributed by atoms with van der Waals surface area (Å²) in [5.74, 6) is -0.284. The van der Waals surface area contributed by atoms with Crippen LogP contribution in [-0.2, 0) is 37.8 Å². The molecule has 3 aliphatic rings. The number of hydrogen-bond acceptors (Lipinski definition) is 7. The van der Waals surface area contributed by atoms with Crippen molar-refractivity contribution in [1.29, 1.82) is 0 Å². The fourth-order valence-electron chi connectivity index (χ4n) is 7.65. The third-order valence-corrected chi connectivity index (χ3v) is 12.4. The number of anilines is 2. The lowest BCUT2D eigenvalue weighted by Gasteiger charge is -2.33. The van der Waals surface area contributed by atoms with Gasteiger partial charge in [0.2, 0.25) is 11.8 Å². The third kappa shape index (κ3) is 5.97. The first-order valence-corrected chi connectivity index (χ1v) is 19.2. The summed E-state index contributed by atoms with van der Waals surface area (Å²) in [6.07, 6.45) is -0.245. The first-order valence-electron chi connectivity index (χ1n) is 16.2. The highest BCUT2D eigenvalue weighted by Crippen LogP contribution is 2.60. The van der Waals surface area contributed by atoms with Gasteiger partial charge in [0.05, 0.1) is 38.5 Å². The van der Waals surface area contributed by atoms with Gasteiger partial charge in [0.1, 0.15) is 5.75 Å². The zero-order chi connectivity index (χ0) is 33.5. The van der Waals surface area contributed by atoms with Crippen LogP contribution in [0.15, 0.2) is 72.8 Å². The Hall–Kier alpha value is -4.03. The van der Waals surface area contributed by atoms with Crippen LogP contribution in [0.4, 0.5) is 11.4 Å². The van der Waals surface area contributed by atoms with Crippen LogP contribution in [0, 0.1) is 5.92 Å². The third-order valence-electron chi connectivity index (χ3n) is 9.92. The summed E-state index contributed by atoms with van der Waals surface area (Å²) in [5, 5.41) is 9.80. The number of amides is 3. The van der Waals surface area contributed by atoms with Crippen molar-refractivity contribution in [3.05, 3.63) is 89.5 Å². The minimum atomic E-state index is -3.02. The highest BCUT2D eigenvalue weighted by atomic mass is 28.4. The van der Waals surface area contributed by atoms with Crippen LogP contribution in [0.1, 0.15) is 36.5 Å². The zero-order valence-corrected chi connectivity index (χ0v) is 28.4. The summed E-state index contributed by atoms with van der Waals surface area (Å²) in [7, 11) is -1.45. The van der Waals surface area contributed by atoms with Gasteiger partial charge in [-0.05, 0) is 54.6 Å². The predicted octanol–water partition coefficient (Wildman–Crippen LogP) is 4.19. The van der Waals surface area contributed by atoms with Crippen molar-refractivity contribution in [3.63, 3.8) is 0 Å². The van der Waals surface area contributed by atoms with E-state index in [9.17, 15) is 24.3 Å². The summed E-state index contributed by atoms with van der Waals surface area (Å²) in [4.78, 5) is 57.6. The molecule has 2 fully saturated rings. The maximum absolute atomic E-state index is 14.8. The lowest BCUT2D eigenvalue weighted by atomic mass is 9.82. The Balaban J connectivity index is 1.35. The molecular formula is C36H43N3O7Si. The van der Waals surface area contributed by atoms with Crippen LogP contribution in [0.3, 0.4) is 0 Å². The Morgan fingerprint density at radius 2 is 1.81 bits per heavy atom. The minimum Gasteiger partial charge on any atom is -0.497 e. The lowest BCUT2D eigenvalue weighted by molar-refractivity contribution is -0.150. The molecule has 1 spiro atoms. The van der Waals surface area contributed by atoms with Gasteiger partial charge < -0.3 is 34.1 Å². The van der Waals surface area contributed by atoms with Crippen LogP contribution in [0.2, 0.25) is 18.6 Å². The number of rotatable bonds is 11. The van der Waals surface area contributed by atoms with Crippen molar-refractivity contribution in [1.82, 2.24) is 4.90 Å². The summed E-state index contributed by atoms with van der Waals surface area (Å²) in [5.41, 5.74) is 2.04. The molecule has 10 nitrogen and oxygen atoms in total. The first-order chi connectivity index (χ1) is 22.5. The molecule has 11 heteroatoms. The monoisotopic (exact) mass is 657 g/mol.